The lowest BCUT2D eigenvalue weighted by molar-refractivity contribution is -0.127. The van der Waals surface area contributed by atoms with Crippen molar-refractivity contribution in [2.45, 2.75) is 19.6 Å². The number of hydrogen-bond acceptors (Lipinski definition) is 4. The molecule has 1 atom stereocenters. The number of hydrogen-bond donors (Lipinski definition) is 1. The highest BCUT2D eigenvalue weighted by molar-refractivity contribution is 5.94. The van der Waals surface area contributed by atoms with Crippen molar-refractivity contribution in [3.8, 4) is 5.75 Å². The van der Waals surface area contributed by atoms with Gasteiger partial charge in [-0.05, 0) is 43.8 Å². The normalized spacial score (nSPS) is 15.7. The number of ether oxygens (including phenoxy) is 1. The Kier molecular flexibility index (Phi) is 6.66. The van der Waals surface area contributed by atoms with Gasteiger partial charge in [0.25, 0.3) is 11.8 Å². The number of piperazine rings is 1. The summed E-state index contributed by atoms with van der Waals surface area (Å²) in [7, 11) is 2.07. The third-order valence-corrected chi connectivity index (χ3v) is 4.88. The van der Waals surface area contributed by atoms with Gasteiger partial charge in [0.05, 0.1) is 0 Å². The van der Waals surface area contributed by atoms with Crippen LogP contribution >= 0.6 is 0 Å². The van der Waals surface area contributed by atoms with Gasteiger partial charge in [-0.15, -0.1) is 0 Å². The zero-order chi connectivity index (χ0) is 19.9. The summed E-state index contributed by atoms with van der Waals surface area (Å²) in [5.41, 5.74) is 1.62. The van der Waals surface area contributed by atoms with E-state index < -0.39 is 6.10 Å². The van der Waals surface area contributed by atoms with Crippen molar-refractivity contribution < 1.29 is 14.3 Å². The number of nitrogens with one attached hydrogen (secondary N) is 1. The van der Waals surface area contributed by atoms with Crippen LogP contribution in [0.1, 0.15) is 22.8 Å². The number of carbonyl (C=O) groups excluding carboxylic acids is 2. The van der Waals surface area contributed by atoms with E-state index in [1.54, 1.807) is 6.92 Å². The molecule has 28 heavy (non-hydrogen) atoms. The Bertz CT molecular complexity index is 784. The summed E-state index contributed by atoms with van der Waals surface area (Å²) in [4.78, 5) is 28.9. The van der Waals surface area contributed by atoms with Crippen LogP contribution in [0.15, 0.2) is 54.6 Å². The maximum Gasteiger partial charge on any atom is 0.261 e. The molecule has 1 N–H and O–H groups in total. The van der Waals surface area contributed by atoms with Crippen molar-refractivity contribution >= 4 is 11.8 Å². The third-order valence-electron chi connectivity index (χ3n) is 4.88. The fourth-order valence-electron chi connectivity index (χ4n) is 3.05. The molecule has 0 unspecified atom stereocenters. The van der Waals surface area contributed by atoms with E-state index in [0.29, 0.717) is 17.9 Å². The maximum atomic E-state index is 12.6. The maximum absolute atomic E-state index is 12.6. The van der Waals surface area contributed by atoms with Crippen LogP contribution in [0.25, 0.3) is 0 Å². The third kappa shape index (κ3) is 5.33. The van der Waals surface area contributed by atoms with E-state index in [2.05, 4.69) is 17.3 Å². The highest BCUT2D eigenvalue weighted by atomic mass is 16.5. The number of para-hydroxylation sites is 1. The van der Waals surface area contributed by atoms with E-state index in [-0.39, 0.29) is 11.8 Å². The summed E-state index contributed by atoms with van der Waals surface area (Å²) in [6, 6.07) is 16.7. The number of rotatable bonds is 6. The fraction of sp³-hybridized carbons (Fsp3) is 0.364. The van der Waals surface area contributed by atoms with Crippen molar-refractivity contribution in [2.75, 3.05) is 33.2 Å². The zero-order valence-electron chi connectivity index (χ0n) is 16.4. The van der Waals surface area contributed by atoms with Gasteiger partial charge in [-0.2, -0.15) is 0 Å². The minimum Gasteiger partial charge on any atom is -0.481 e. The Morgan fingerprint density at radius 3 is 2.29 bits per heavy atom. The Balaban J connectivity index is 1.48. The second kappa shape index (κ2) is 9.37. The first-order chi connectivity index (χ1) is 13.5. The van der Waals surface area contributed by atoms with Crippen LogP contribution in [-0.2, 0) is 11.3 Å². The molecule has 0 spiro atoms. The highest BCUT2D eigenvalue weighted by Gasteiger charge is 2.20. The number of likely N-dealkylation sites (N-methyl/N-ethyl adjacent to an activating group) is 1. The van der Waals surface area contributed by atoms with Gasteiger partial charge in [-0.25, -0.2) is 0 Å². The Labute approximate surface area is 166 Å². The lowest BCUT2D eigenvalue weighted by atomic mass is 10.1. The van der Waals surface area contributed by atoms with Crippen molar-refractivity contribution in [2.24, 2.45) is 0 Å². The van der Waals surface area contributed by atoms with Crippen molar-refractivity contribution in [3.05, 3.63) is 65.7 Å². The average Bonchev–Trinajstić information content (AvgIpc) is 2.73. The molecule has 0 bridgehead atoms. The lowest BCUT2D eigenvalue weighted by Crippen LogP contribution is -2.47. The molecule has 1 fully saturated rings. The average molecular weight is 381 g/mol. The minimum atomic E-state index is -0.583. The molecule has 2 amide bonds. The van der Waals surface area contributed by atoms with E-state index in [1.165, 1.54) is 0 Å². The topological polar surface area (TPSA) is 61.9 Å². The van der Waals surface area contributed by atoms with Crippen LogP contribution in [0.4, 0.5) is 0 Å². The van der Waals surface area contributed by atoms with Crippen LogP contribution in [-0.4, -0.2) is 60.9 Å². The summed E-state index contributed by atoms with van der Waals surface area (Å²) in [6.07, 6.45) is -0.583. The fourth-order valence-corrected chi connectivity index (χ4v) is 3.05. The van der Waals surface area contributed by atoms with E-state index in [4.69, 9.17) is 4.74 Å². The Morgan fingerprint density at radius 2 is 1.64 bits per heavy atom. The second-order valence-electron chi connectivity index (χ2n) is 7.08. The van der Waals surface area contributed by atoms with Gasteiger partial charge in [-0.3, -0.25) is 9.59 Å². The van der Waals surface area contributed by atoms with Gasteiger partial charge < -0.3 is 19.9 Å². The van der Waals surface area contributed by atoms with Crippen molar-refractivity contribution in [3.63, 3.8) is 0 Å². The van der Waals surface area contributed by atoms with E-state index >= 15 is 0 Å². The smallest absolute Gasteiger partial charge is 0.261 e. The number of nitrogens with zero attached hydrogens (tertiary/aromatic N) is 2. The van der Waals surface area contributed by atoms with Gasteiger partial charge >= 0.3 is 0 Å². The van der Waals surface area contributed by atoms with Crippen molar-refractivity contribution in [1.82, 2.24) is 15.1 Å². The van der Waals surface area contributed by atoms with Crippen LogP contribution in [0.5, 0.6) is 5.75 Å². The van der Waals surface area contributed by atoms with Gasteiger partial charge in [0.15, 0.2) is 6.10 Å². The van der Waals surface area contributed by atoms with Gasteiger partial charge in [0, 0.05) is 38.3 Å². The highest BCUT2D eigenvalue weighted by Crippen LogP contribution is 2.12. The molecule has 3 rings (SSSR count). The predicted octanol–water partition coefficient (Wildman–Crippen LogP) is 2.16. The van der Waals surface area contributed by atoms with E-state index in [0.717, 1.165) is 31.7 Å². The summed E-state index contributed by atoms with van der Waals surface area (Å²) in [5, 5.41) is 2.87. The molecule has 0 radical (unpaired) electrons. The number of carbonyl (C=O) groups is 2. The van der Waals surface area contributed by atoms with Crippen LogP contribution < -0.4 is 10.1 Å². The summed E-state index contributed by atoms with van der Waals surface area (Å²) in [5.74, 6) is 0.548. The minimum absolute atomic E-state index is 0.0635. The Hall–Kier alpha value is -2.86. The van der Waals surface area contributed by atoms with Gasteiger partial charge in [0.2, 0.25) is 0 Å². The molecule has 0 aliphatic carbocycles. The molecular weight excluding hydrogens is 354 g/mol. The first-order valence-electron chi connectivity index (χ1n) is 9.59. The monoisotopic (exact) mass is 381 g/mol. The molecular formula is C22H27N3O3. The van der Waals surface area contributed by atoms with Gasteiger partial charge in [0.1, 0.15) is 5.75 Å². The quantitative estimate of drug-likeness (QED) is 0.833. The molecule has 148 valence electrons. The molecule has 6 heteroatoms. The number of benzene rings is 2. The summed E-state index contributed by atoms with van der Waals surface area (Å²) >= 11 is 0. The van der Waals surface area contributed by atoms with E-state index in [1.807, 2.05) is 59.5 Å². The standard InChI is InChI=1S/C22H27N3O3/c1-17(28-20-6-4-3-5-7-20)21(26)23-16-18-8-10-19(11-9-18)22(27)25-14-12-24(2)13-15-25/h3-11,17H,12-16H2,1-2H3,(H,23,26)/t17-/m1/s1. The largest absolute Gasteiger partial charge is 0.481 e. The van der Waals surface area contributed by atoms with Crippen molar-refractivity contribution in [1.29, 1.82) is 0 Å². The molecule has 0 aromatic heterocycles. The first-order valence-corrected chi connectivity index (χ1v) is 9.59. The molecule has 0 saturated carbocycles. The Morgan fingerprint density at radius 1 is 1.00 bits per heavy atom. The number of amides is 2. The summed E-state index contributed by atoms with van der Waals surface area (Å²) < 4.78 is 5.62. The molecule has 1 aliphatic heterocycles. The molecule has 6 nitrogen and oxygen atoms in total. The SMILES string of the molecule is C[C@@H](Oc1ccccc1)C(=O)NCc1ccc(C(=O)N2CCN(C)CC2)cc1. The zero-order valence-corrected chi connectivity index (χ0v) is 16.4. The van der Waals surface area contributed by atoms with Crippen LogP contribution in [0.3, 0.4) is 0 Å². The second-order valence-corrected chi connectivity index (χ2v) is 7.08. The van der Waals surface area contributed by atoms with E-state index in [9.17, 15) is 9.59 Å². The molecule has 2 aromatic carbocycles. The van der Waals surface area contributed by atoms with Crippen LogP contribution in [0, 0.1) is 0 Å². The van der Waals surface area contributed by atoms with Crippen LogP contribution in [0.2, 0.25) is 0 Å². The molecule has 2 aromatic rings. The van der Waals surface area contributed by atoms with Gasteiger partial charge in [-0.1, -0.05) is 30.3 Å². The predicted molar refractivity (Wildman–Crippen MR) is 108 cm³/mol. The molecule has 1 saturated heterocycles. The lowest BCUT2D eigenvalue weighted by Gasteiger charge is -2.32. The molecule has 1 heterocycles. The molecule has 1 aliphatic rings. The summed E-state index contributed by atoms with van der Waals surface area (Å²) in [6.45, 7) is 5.43. The first kappa shape index (κ1) is 19.9.